The van der Waals surface area contributed by atoms with Crippen LogP contribution in [0.25, 0.3) is 0 Å². The molecule has 0 aliphatic heterocycles. The lowest BCUT2D eigenvalue weighted by atomic mass is 10.0. The summed E-state index contributed by atoms with van der Waals surface area (Å²) in [4.78, 5) is 0. The van der Waals surface area contributed by atoms with E-state index in [1.165, 1.54) is 12.1 Å². The van der Waals surface area contributed by atoms with Crippen LogP contribution in [0.3, 0.4) is 0 Å². The van der Waals surface area contributed by atoms with Crippen molar-refractivity contribution in [1.29, 1.82) is 0 Å². The molecule has 1 unspecified atom stereocenters. The molecule has 0 radical (unpaired) electrons. The number of nitrogens with zero attached hydrogens (tertiary/aromatic N) is 2. The van der Waals surface area contributed by atoms with Gasteiger partial charge in [0.2, 0.25) is 0 Å². The number of aliphatic hydroxyl groups is 1. The maximum Gasteiger partial charge on any atom is 0.126 e. The highest BCUT2D eigenvalue weighted by molar-refractivity contribution is 5.21. The lowest BCUT2D eigenvalue weighted by molar-refractivity contribution is 0.167. The molecule has 3 nitrogen and oxygen atoms in total. The quantitative estimate of drug-likeness (QED) is 0.914. The van der Waals surface area contributed by atoms with Crippen molar-refractivity contribution < 1.29 is 13.9 Å². The molecule has 0 saturated heterocycles. The molecule has 1 heterocycles. The Morgan fingerprint density at radius 3 is 2.35 bits per heavy atom. The Labute approximate surface area is 116 Å². The number of hydrogen-bond donors (Lipinski definition) is 1. The van der Waals surface area contributed by atoms with Crippen molar-refractivity contribution in [3.63, 3.8) is 0 Å². The van der Waals surface area contributed by atoms with Crippen molar-refractivity contribution in [3.05, 3.63) is 52.9 Å². The molecule has 0 amide bonds. The van der Waals surface area contributed by atoms with Gasteiger partial charge >= 0.3 is 0 Å². The van der Waals surface area contributed by atoms with Crippen molar-refractivity contribution in [2.24, 2.45) is 0 Å². The summed E-state index contributed by atoms with van der Waals surface area (Å²) < 4.78 is 28.0. The molecule has 0 spiro atoms. The summed E-state index contributed by atoms with van der Waals surface area (Å²) in [7, 11) is 0. The van der Waals surface area contributed by atoms with Crippen LogP contribution in [-0.2, 0) is 19.4 Å². The molecular formula is C15H18F2N2O. The predicted octanol–water partition coefficient (Wildman–Crippen LogP) is 3.02. The van der Waals surface area contributed by atoms with Gasteiger partial charge in [-0.2, -0.15) is 5.10 Å². The lowest BCUT2D eigenvalue weighted by Gasteiger charge is -2.12. The summed E-state index contributed by atoms with van der Waals surface area (Å²) in [5.74, 6) is -1.27. The highest BCUT2D eigenvalue weighted by Crippen LogP contribution is 2.21. The second-order valence-corrected chi connectivity index (χ2v) is 4.73. The van der Waals surface area contributed by atoms with Gasteiger partial charge in [-0.3, -0.25) is 4.68 Å². The Morgan fingerprint density at radius 1 is 1.15 bits per heavy atom. The molecule has 0 aliphatic carbocycles. The second kappa shape index (κ2) is 6.13. The molecule has 108 valence electrons. The van der Waals surface area contributed by atoms with Gasteiger partial charge in [-0.15, -0.1) is 0 Å². The zero-order chi connectivity index (χ0) is 14.7. The first kappa shape index (κ1) is 14.7. The third-order valence-electron chi connectivity index (χ3n) is 3.22. The number of aromatic nitrogens is 2. The van der Waals surface area contributed by atoms with E-state index in [9.17, 15) is 13.9 Å². The maximum atomic E-state index is 13.1. The summed E-state index contributed by atoms with van der Waals surface area (Å²) in [5.41, 5.74) is 2.00. The van der Waals surface area contributed by atoms with E-state index in [1.54, 1.807) is 4.68 Å². The molecule has 1 aromatic heterocycles. The van der Waals surface area contributed by atoms with Crippen molar-refractivity contribution in [2.45, 2.75) is 39.3 Å². The van der Waals surface area contributed by atoms with Crippen LogP contribution in [-0.4, -0.2) is 14.9 Å². The normalized spacial score (nSPS) is 12.7. The van der Waals surface area contributed by atoms with Crippen LogP contribution in [0, 0.1) is 11.6 Å². The summed E-state index contributed by atoms with van der Waals surface area (Å²) >= 11 is 0. The predicted molar refractivity (Wildman–Crippen MR) is 72.3 cm³/mol. The van der Waals surface area contributed by atoms with E-state index in [1.807, 2.05) is 19.9 Å². The van der Waals surface area contributed by atoms with E-state index < -0.39 is 17.7 Å². The smallest absolute Gasteiger partial charge is 0.126 e. The fourth-order valence-electron chi connectivity index (χ4n) is 2.24. The van der Waals surface area contributed by atoms with Gasteiger partial charge in [0.1, 0.15) is 11.6 Å². The Bertz CT molecular complexity index is 575. The minimum Gasteiger partial charge on any atom is -0.386 e. The molecule has 20 heavy (non-hydrogen) atoms. The number of halogens is 2. The average molecular weight is 280 g/mol. The molecule has 0 fully saturated rings. The van der Waals surface area contributed by atoms with Gasteiger partial charge in [0.05, 0.1) is 17.5 Å². The Kier molecular flexibility index (Phi) is 4.49. The van der Waals surface area contributed by atoms with E-state index in [-0.39, 0.29) is 6.42 Å². The number of aryl methyl sites for hydroxylation is 2. The van der Waals surface area contributed by atoms with Crippen LogP contribution in [0.15, 0.2) is 24.3 Å². The van der Waals surface area contributed by atoms with Crippen LogP contribution in [0.1, 0.15) is 36.9 Å². The van der Waals surface area contributed by atoms with Gasteiger partial charge in [0.15, 0.2) is 0 Å². The Balaban J connectivity index is 2.22. The number of benzene rings is 1. The molecule has 1 aromatic carbocycles. The first-order valence-electron chi connectivity index (χ1n) is 6.73. The van der Waals surface area contributed by atoms with Crippen LogP contribution >= 0.6 is 0 Å². The van der Waals surface area contributed by atoms with Gasteiger partial charge < -0.3 is 5.11 Å². The summed E-state index contributed by atoms with van der Waals surface area (Å²) in [6.07, 6.45) is 0.106. The number of aliphatic hydroxyl groups excluding tert-OH is 1. The zero-order valence-electron chi connectivity index (χ0n) is 11.6. The molecule has 2 aromatic rings. The molecule has 1 atom stereocenters. The van der Waals surface area contributed by atoms with Crippen LogP contribution < -0.4 is 0 Å². The number of rotatable bonds is 5. The van der Waals surface area contributed by atoms with Gasteiger partial charge in [-0.05, 0) is 37.1 Å². The minimum atomic E-state index is -0.830. The van der Waals surface area contributed by atoms with Gasteiger partial charge in [0, 0.05) is 19.0 Å². The molecular weight excluding hydrogens is 262 g/mol. The van der Waals surface area contributed by atoms with Crippen LogP contribution in [0.2, 0.25) is 0 Å². The second-order valence-electron chi connectivity index (χ2n) is 4.73. The van der Waals surface area contributed by atoms with Gasteiger partial charge in [-0.25, -0.2) is 8.78 Å². The SMILES string of the molecule is CCc1cc(C(O)Cc2cc(F)cc(F)c2)n(CC)n1. The van der Waals surface area contributed by atoms with E-state index in [0.29, 0.717) is 17.8 Å². The standard InChI is InChI=1S/C15H18F2N2O/c1-3-13-9-14(19(4-2)18-13)15(20)7-10-5-11(16)8-12(17)6-10/h5-6,8-9,15,20H,3-4,7H2,1-2H3. The number of hydrogen-bond acceptors (Lipinski definition) is 2. The van der Waals surface area contributed by atoms with E-state index in [0.717, 1.165) is 18.2 Å². The van der Waals surface area contributed by atoms with Crippen molar-refractivity contribution in [3.8, 4) is 0 Å². The summed E-state index contributed by atoms with van der Waals surface area (Å²) in [5, 5.41) is 14.6. The average Bonchev–Trinajstić information content (AvgIpc) is 2.80. The lowest BCUT2D eigenvalue weighted by Crippen LogP contribution is -2.10. The Morgan fingerprint density at radius 2 is 1.80 bits per heavy atom. The van der Waals surface area contributed by atoms with Crippen molar-refractivity contribution >= 4 is 0 Å². The van der Waals surface area contributed by atoms with E-state index in [2.05, 4.69) is 5.10 Å². The fourth-order valence-corrected chi connectivity index (χ4v) is 2.24. The zero-order valence-corrected chi connectivity index (χ0v) is 11.6. The first-order chi connectivity index (χ1) is 9.53. The highest BCUT2D eigenvalue weighted by atomic mass is 19.1. The summed E-state index contributed by atoms with van der Waals surface area (Å²) in [6, 6.07) is 5.13. The minimum absolute atomic E-state index is 0.156. The molecule has 1 N–H and O–H groups in total. The maximum absolute atomic E-state index is 13.1. The van der Waals surface area contributed by atoms with E-state index >= 15 is 0 Å². The molecule has 0 bridgehead atoms. The molecule has 2 rings (SSSR count). The first-order valence-corrected chi connectivity index (χ1v) is 6.73. The van der Waals surface area contributed by atoms with Crippen molar-refractivity contribution in [2.75, 3.05) is 0 Å². The molecule has 0 saturated carbocycles. The van der Waals surface area contributed by atoms with Crippen molar-refractivity contribution in [1.82, 2.24) is 9.78 Å². The topological polar surface area (TPSA) is 38.0 Å². The van der Waals surface area contributed by atoms with Crippen LogP contribution in [0.4, 0.5) is 8.78 Å². The van der Waals surface area contributed by atoms with Gasteiger partial charge in [-0.1, -0.05) is 6.92 Å². The molecule has 5 heteroatoms. The van der Waals surface area contributed by atoms with Gasteiger partial charge in [0.25, 0.3) is 0 Å². The Hall–Kier alpha value is -1.75. The van der Waals surface area contributed by atoms with Crippen LogP contribution in [0.5, 0.6) is 0 Å². The third kappa shape index (κ3) is 3.22. The largest absolute Gasteiger partial charge is 0.386 e. The summed E-state index contributed by atoms with van der Waals surface area (Å²) in [6.45, 7) is 4.56. The van der Waals surface area contributed by atoms with E-state index in [4.69, 9.17) is 0 Å². The monoisotopic (exact) mass is 280 g/mol. The third-order valence-corrected chi connectivity index (χ3v) is 3.22. The molecule has 0 aliphatic rings. The highest BCUT2D eigenvalue weighted by Gasteiger charge is 2.16. The fraction of sp³-hybridized carbons (Fsp3) is 0.400.